The molecule has 106 valence electrons. The van der Waals surface area contributed by atoms with Gasteiger partial charge in [-0.2, -0.15) is 0 Å². The zero-order valence-corrected chi connectivity index (χ0v) is 12.0. The van der Waals surface area contributed by atoms with Crippen LogP contribution >= 0.6 is 0 Å². The molecule has 2 rings (SSSR count). The molecule has 3 nitrogen and oxygen atoms in total. The van der Waals surface area contributed by atoms with Crippen molar-refractivity contribution in [3.05, 3.63) is 35.4 Å². The first kappa shape index (κ1) is 14.5. The number of hydrogen-bond acceptors (Lipinski definition) is 3. The second-order valence-electron chi connectivity index (χ2n) is 5.91. The van der Waals surface area contributed by atoms with E-state index in [4.69, 9.17) is 5.73 Å². The monoisotopic (exact) mass is 262 g/mol. The maximum atomic E-state index is 10.4. The van der Waals surface area contributed by atoms with Crippen LogP contribution in [-0.2, 0) is 6.54 Å². The molecule has 0 radical (unpaired) electrons. The third kappa shape index (κ3) is 3.56. The topological polar surface area (TPSA) is 49.5 Å². The lowest BCUT2D eigenvalue weighted by atomic mass is 10.0. The molecule has 1 aliphatic rings. The van der Waals surface area contributed by atoms with Gasteiger partial charge in [0.25, 0.3) is 0 Å². The van der Waals surface area contributed by atoms with E-state index in [-0.39, 0.29) is 0 Å². The Balaban J connectivity index is 1.97. The Bertz CT molecular complexity index is 388. The van der Waals surface area contributed by atoms with E-state index < -0.39 is 6.10 Å². The summed E-state index contributed by atoms with van der Waals surface area (Å²) in [5.41, 5.74) is 7.69. The van der Waals surface area contributed by atoms with Crippen molar-refractivity contribution >= 4 is 0 Å². The van der Waals surface area contributed by atoms with Crippen LogP contribution in [0.5, 0.6) is 0 Å². The summed E-state index contributed by atoms with van der Waals surface area (Å²) in [5.74, 6) is 0.661. The quantitative estimate of drug-likeness (QED) is 0.856. The van der Waals surface area contributed by atoms with Crippen LogP contribution in [0.3, 0.4) is 0 Å². The van der Waals surface area contributed by atoms with Gasteiger partial charge >= 0.3 is 0 Å². The molecule has 19 heavy (non-hydrogen) atoms. The van der Waals surface area contributed by atoms with Crippen molar-refractivity contribution in [2.75, 3.05) is 13.1 Å². The lowest BCUT2D eigenvalue weighted by molar-refractivity contribution is 0.0939. The molecule has 0 spiro atoms. The van der Waals surface area contributed by atoms with E-state index in [9.17, 15) is 5.11 Å². The van der Waals surface area contributed by atoms with Gasteiger partial charge in [-0.3, -0.25) is 4.90 Å². The summed E-state index contributed by atoms with van der Waals surface area (Å²) in [5, 5.41) is 10.4. The first-order chi connectivity index (χ1) is 9.11. The van der Waals surface area contributed by atoms with Crippen LogP contribution in [0.4, 0.5) is 0 Å². The van der Waals surface area contributed by atoms with E-state index >= 15 is 0 Å². The van der Waals surface area contributed by atoms with Crippen LogP contribution in [0.15, 0.2) is 24.3 Å². The second kappa shape index (κ2) is 6.51. The lowest BCUT2D eigenvalue weighted by Gasteiger charge is -2.29. The third-order valence-electron chi connectivity index (χ3n) is 4.19. The first-order valence-electron chi connectivity index (χ1n) is 7.33. The molecule has 1 aliphatic heterocycles. The molecule has 0 bridgehead atoms. The number of aliphatic hydroxyl groups excluding tert-OH is 1. The van der Waals surface area contributed by atoms with E-state index in [1.165, 1.54) is 12.8 Å². The number of β-amino-alcohol motifs (C(OH)–C–C–N with tert-alkyl or cyclic N) is 1. The molecule has 1 saturated heterocycles. The maximum Gasteiger partial charge on any atom is 0.0917 e. The Morgan fingerprint density at radius 3 is 2.58 bits per heavy atom. The fourth-order valence-electron chi connectivity index (χ4n) is 3.04. The minimum atomic E-state index is -0.397. The van der Waals surface area contributed by atoms with Gasteiger partial charge < -0.3 is 10.8 Å². The molecule has 0 amide bonds. The Labute approximate surface area is 116 Å². The highest BCUT2D eigenvalue weighted by molar-refractivity contribution is 5.24. The highest BCUT2D eigenvalue weighted by Gasteiger charge is 2.28. The Morgan fingerprint density at radius 1 is 1.32 bits per heavy atom. The number of nitrogens with zero attached hydrogens (tertiary/aromatic N) is 1. The third-order valence-corrected chi connectivity index (χ3v) is 4.19. The molecule has 2 unspecified atom stereocenters. The number of hydrogen-bond donors (Lipinski definition) is 2. The van der Waals surface area contributed by atoms with Crippen LogP contribution in [0.1, 0.15) is 43.9 Å². The van der Waals surface area contributed by atoms with Gasteiger partial charge in [0.15, 0.2) is 0 Å². The van der Waals surface area contributed by atoms with Gasteiger partial charge in [-0.05, 0) is 36.4 Å². The summed E-state index contributed by atoms with van der Waals surface area (Å²) in [7, 11) is 0. The predicted molar refractivity (Wildman–Crippen MR) is 78.7 cm³/mol. The van der Waals surface area contributed by atoms with Gasteiger partial charge in [-0.25, -0.2) is 0 Å². The van der Waals surface area contributed by atoms with E-state index in [1.807, 2.05) is 24.3 Å². The highest BCUT2D eigenvalue weighted by Crippen LogP contribution is 2.26. The van der Waals surface area contributed by atoms with Crippen molar-refractivity contribution < 1.29 is 5.11 Å². The molecule has 2 atom stereocenters. The van der Waals surface area contributed by atoms with E-state index in [1.54, 1.807) is 0 Å². The molecule has 3 heteroatoms. The number of aliphatic hydroxyl groups is 1. The second-order valence-corrected chi connectivity index (χ2v) is 5.91. The highest BCUT2D eigenvalue weighted by atomic mass is 16.3. The van der Waals surface area contributed by atoms with Crippen molar-refractivity contribution in [3.8, 4) is 0 Å². The van der Waals surface area contributed by atoms with Crippen LogP contribution in [0.2, 0.25) is 0 Å². The number of rotatable bonds is 5. The maximum absolute atomic E-state index is 10.4. The predicted octanol–water partition coefficient (Wildman–Crippen LogP) is 2.30. The SMILES string of the molecule is CC(C)C1CCCN1CC(O)c1ccc(CN)cc1. The van der Waals surface area contributed by atoms with Crippen LogP contribution < -0.4 is 5.73 Å². The molecule has 1 aromatic rings. The summed E-state index contributed by atoms with van der Waals surface area (Å²) < 4.78 is 0. The molecule has 0 aliphatic carbocycles. The standard InChI is InChI=1S/C16H26N2O/c1-12(2)15-4-3-9-18(15)11-16(19)14-7-5-13(10-17)6-8-14/h5-8,12,15-16,19H,3-4,9-11,17H2,1-2H3. The molecular formula is C16H26N2O. The summed E-state index contributed by atoms with van der Waals surface area (Å²) in [4.78, 5) is 2.44. The van der Waals surface area contributed by atoms with E-state index in [2.05, 4.69) is 18.7 Å². The minimum Gasteiger partial charge on any atom is -0.387 e. The molecular weight excluding hydrogens is 236 g/mol. The summed E-state index contributed by atoms with van der Waals surface area (Å²) in [6.07, 6.45) is 2.12. The van der Waals surface area contributed by atoms with Crippen molar-refractivity contribution in [1.82, 2.24) is 4.90 Å². The summed E-state index contributed by atoms with van der Waals surface area (Å²) in [6.45, 7) is 6.94. The van der Waals surface area contributed by atoms with Gasteiger partial charge in [0.1, 0.15) is 0 Å². The Kier molecular flexibility index (Phi) is 4.97. The minimum absolute atomic E-state index is 0.397. The lowest BCUT2D eigenvalue weighted by Crippen LogP contribution is -2.36. The van der Waals surface area contributed by atoms with Crippen molar-refractivity contribution in [3.63, 3.8) is 0 Å². The van der Waals surface area contributed by atoms with Gasteiger partial charge in [-0.1, -0.05) is 38.1 Å². The number of benzene rings is 1. The number of likely N-dealkylation sites (tertiary alicyclic amines) is 1. The fourth-order valence-corrected chi connectivity index (χ4v) is 3.04. The van der Waals surface area contributed by atoms with E-state index in [0.29, 0.717) is 18.5 Å². The molecule has 0 saturated carbocycles. The van der Waals surface area contributed by atoms with Gasteiger partial charge in [0, 0.05) is 19.1 Å². The smallest absolute Gasteiger partial charge is 0.0917 e. The molecule has 3 N–H and O–H groups in total. The number of nitrogens with two attached hydrogens (primary N) is 1. The van der Waals surface area contributed by atoms with Crippen LogP contribution in [0, 0.1) is 5.92 Å². The fraction of sp³-hybridized carbons (Fsp3) is 0.625. The van der Waals surface area contributed by atoms with E-state index in [0.717, 1.165) is 24.2 Å². The van der Waals surface area contributed by atoms with Crippen molar-refractivity contribution in [2.24, 2.45) is 11.7 Å². The average Bonchev–Trinajstić information content (AvgIpc) is 2.87. The van der Waals surface area contributed by atoms with Crippen molar-refractivity contribution in [1.29, 1.82) is 0 Å². The largest absolute Gasteiger partial charge is 0.387 e. The summed E-state index contributed by atoms with van der Waals surface area (Å²) in [6, 6.07) is 8.61. The molecule has 1 heterocycles. The van der Waals surface area contributed by atoms with Crippen LogP contribution in [-0.4, -0.2) is 29.1 Å². The van der Waals surface area contributed by atoms with Crippen LogP contribution in [0.25, 0.3) is 0 Å². The molecule has 1 aromatic carbocycles. The first-order valence-corrected chi connectivity index (χ1v) is 7.33. The van der Waals surface area contributed by atoms with Gasteiger partial charge in [-0.15, -0.1) is 0 Å². The Morgan fingerprint density at radius 2 is 2.00 bits per heavy atom. The van der Waals surface area contributed by atoms with Crippen molar-refractivity contribution in [2.45, 2.75) is 45.4 Å². The molecule has 1 fully saturated rings. The van der Waals surface area contributed by atoms with Gasteiger partial charge in [0.2, 0.25) is 0 Å². The zero-order valence-electron chi connectivity index (χ0n) is 12.0. The average molecular weight is 262 g/mol. The Hall–Kier alpha value is -0.900. The molecule has 0 aromatic heterocycles. The van der Waals surface area contributed by atoms with Gasteiger partial charge in [0.05, 0.1) is 6.10 Å². The summed E-state index contributed by atoms with van der Waals surface area (Å²) >= 11 is 0. The zero-order chi connectivity index (χ0) is 13.8. The normalized spacial score (nSPS) is 22.1.